The van der Waals surface area contributed by atoms with Crippen LogP contribution in [0.5, 0.6) is 0 Å². The Kier molecular flexibility index (Phi) is 24.9. The Morgan fingerprint density at radius 3 is 0.531 bits per heavy atom. The molecule has 0 saturated heterocycles. The SMILES string of the molecule is O=C(O)/C=C/C(=O)O.O=C(O)CCC(=O)O.O=C(O)CCC(=O)O.O=C(O)CCC(=O)O. The smallest absolute Gasteiger partial charge is 0.328 e. The molecule has 16 heteroatoms. The van der Waals surface area contributed by atoms with Crippen molar-refractivity contribution in [3.05, 3.63) is 12.2 Å². The Balaban J connectivity index is -0.000000163. The van der Waals surface area contributed by atoms with Gasteiger partial charge in [-0.25, -0.2) is 9.59 Å². The van der Waals surface area contributed by atoms with E-state index in [2.05, 4.69) is 0 Å². The van der Waals surface area contributed by atoms with Gasteiger partial charge in [0.05, 0.1) is 38.5 Å². The summed E-state index contributed by atoms with van der Waals surface area (Å²) in [7, 11) is 0. The quantitative estimate of drug-likeness (QED) is 0.177. The monoisotopic (exact) mass is 470 g/mol. The predicted octanol–water partition coefficient (Wildman–Crippen LogP) is -0.481. The molecule has 16 nitrogen and oxygen atoms in total. The van der Waals surface area contributed by atoms with Gasteiger partial charge in [-0.2, -0.15) is 0 Å². The van der Waals surface area contributed by atoms with Crippen molar-refractivity contribution in [1.29, 1.82) is 0 Å². The topological polar surface area (TPSA) is 298 Å². The molecule has 0 rings (SSSR count). The minimum atomic E-state index is -1.26. The van der Waals surface area contributed by atoms with Crippen LogP contribution < -0.4 is 0 Å². The summed E-state index contributed by atoms with van der Waals surface area (Å²) >= 11 is 0. The normalized spacial score (nSPS) is 8.75. The van der Waals surface area contributed by atoms with E-state index in [1.807, 2.05) is 0 Å². The highest BCUT2D eigenvalue weighted by atomic mass is 16.4. The second-order valence-corrected chi connectivity index (χ2v) is 4.87. The molecule has 0 aliphatic heterocycles. The molecule has 0 aliphatic carbocycles. The van der Waals surface area contributed by atoms with Gasteiger partial charge in [-0.1, -0.05) is 0 Å². The molecule has 0 amide bonds. The second-order valence-electron chi connectivity index (χ2n) is 4.87. The zero-order valence-electron chi connectivity index (χ0n) is 16.2. The first-order valence-corrected chi connectivity index (χ1v) is 7.95. The van der Waals surface area contributed by atoms with E-state index in [1.54, 1.807) is 0 Å². The number of carboxylic acid groups (broad SMARTS) is 8. The molecule has 0 spiro atoms. The minimum absolute atomic E-state index is 0.296. The molecule has 0 saturated carbocycles. The van der Waals surface area contributed by atoms with Crippen molar-refractivity contribution in [2.24, 2.45) is 0 Å². The standard InChI is InChI=1S/3C4H6O4.C4H4O4/c4*5-3(6)1-2-4(7)8/h3*1-2H2,(H,5,6)(H,7,8);1-2H,(H,5,6)(H,7,8)/b;;;2-1+. The number of carboxylic acids is 8. The summed E-state index contributed by atoms with van der Waals surface area (Å²) in [5, 5.41) is 63.0. The van der Waals surface area contributed by atoms with Crippen molar-refractivity contribution < 1.29 is 79.2 Å². The van der Waals surface area contributed by atoms with Crippen LogP contribution in [0.2, 0.25) is 0 Å². The van der Waals surface area contributed by atoms with E-state index in [0.717, 1.165) is 0 Å². The van der Waals surface area contributed by atoms with Crippen molar-refractivity contribution in [3.8, 4) is 0 Å². The van der Waals surface area contributed by atoms with E-state index >= 15 is 0 Å². The van der Waals surface area contributed by atoms with E-state index in [1.165, 1.54) is 0 Å². The van der Waals surface area contributed by atoms with Crippen LogP contribution in [0.4, 0.5) is 0 Å². The number of aliphatic carboxylic acids is 8. The van der Waals surface area contributed by atoms with E-state index in [4.69, 9.17) is 40.9 Å². The molecular formula is C16H22O16. The second kappa shape index (κ2) is 22.8. The van der Waals surface area contributed by atoms with E-state index in [9.17, 15) is 38.4 Å². The number of hydrogen-bond acceptors (Lipinski definition) is 8. The summed E-state index contributed by atoms with van der Waals surface area (Å²) in [5.41, 5.74) is 0. The average molecular weight is 470 g/mol. The largest absolute Gasteiger partial charge is 0.481 e. The van der Waals surface area contributed by atoms with E-state index in [-0.39, 0.29) is 38.5 Å². The molecule has 0 unspecified atom stereocenters. The van der Waals surface area contributed by atoms with Crippen LogP contribution in [0, 0.1) is 0 Å². The van der Waals surface area contributed by atoms with Crippen LogP contribution in [0.1, 0.15) is 38.5 Å². The third-order valence-corrected chi connectivity index (χ3v) is 2.03. The van der Waals surface area contributed by atoms with Gasteiger partial charge in [0.15, 0.2) is 0 Å². The molecule has 32 heavy (non-hydrogen) atoms. The van der Waals surface area contributed by atoms with Crippen molar-refractivity contribution >= 4 is 47.8 Å². The molecule has 182 valence electrons. The number of rotatable bonds is 11. The van der Waals surface area contributed by atoms with Crippen LogP contribution in [0.15, 0.2) is 12.2 Å². The molecule has 0 atom stereocenters. The molecule has 0 aromatic carbocycles. The van der Waals surface area contributed by atoms with Crippen molar-refractivity contribution in [1.82, 2.24) is 0 Å². The summed E-state index contributed by atoms with van der Waals surface area (Å²) in [4.78, 5) is 76.9. The maximum atomic E-state index is 9.64. The Morgan fingerprint density at radius 1 is 0.344 bits per heavy atom. The fourth-order valence-corrected chi connectivity index (χ4v) is 0.784. The summed E-state index contributed by atoms with van der Waals surface area (Å²) in [6, 6.07) is 0. The van der Waals surface area contributed by atoms with Crippen molar-refractivity contribution in [2.75, 3.05) is 0 Å². The number of hydrogen-bond donors (Lipinski definition) is 8. The Hall–Kier alpha value is -4.50. The number of carbonyl (C=O) groups is 8. The van der Waals surface area contributed by atoms with Gasteiger partial charge in [0.1, 0.15) is 0 Å². The molecular weight excluding hydrogens is 448 g/mol. The maximum Gasteiger partial charge on any atom is 0.328 e. The lowest BCUT2D eigenvalue weighted by molar-refractivity contribution is -0.143. The Labute approximate surface area is 178 Å². The first-order valence-electron chi connectivity index (χ1n) is 7.95. The lowest BCUT2D eigenvalue weighted by atomic mass is 10.3. The van der Waals surface area contributed by atoms with E-state index < -0.39 is 47.8 Å². The fraction of sp³-hybridized carbons (Fsp3) is 0.375. The van der Waals surface area contributed by atoms with E-state index in [0.29, 0.717) is 12.2 Å². The van der Waals surface area contributed by atoms with Gasteiger partial charge in [-0.3, -0.25) is 28.8 Å². The van der Waals surface area contributed by atoms with Gasteiger partial charge in [0.2, 0.25) is 0 Å². The summed E-state index contributed by atoms with van der Waals surface area (Å²) in [6.07, 6.45) is -0.662. The van der Waals surface area contributed by atoms with Gasteiger partial charge in [-0.15, -0.1) is 0 Å². The van der Waals surface area contributed by atoms with Gasteiger partial charge in [0, 0.05) is 12.2 Å². The van der Waals surface area contributed by atoms with Crippen LogP contribution in [0.25, 0.3) is 0 Å². The van der Waals surface area contributed by atoms with Gasteiger partial charge >= 0.3 is 47.8 Å². The van der Waals surface area contributed by atoms with Crippen LogP contribution in [-0.4, -0.2) is 88.6 Å². The molecule has 8 N–H and O–H groups in total. The molecule has 0 radical (unpaired) electrons. The lowest BCUT2D eigenvalue weighted by Crippen LogP contribution is -2.00. The summed E-state index contributed by atoms with van der Waals surface area (Å²) in [6.45, 7) is 0. The molecule has 0 fully saturated rings. The lowest BCUT2D eigenvalue weighted by Gasteiger charge is -1.85. The summed E-state index contributed by atoms with van der Waals surface area (Å²) < 4.78 is 0. The maximum absolute atomic E-state index is 9.64. The van der Waals surface area contributed by atoms with Crippen molar-refractivity contribution in [2.45, 2.75) is 38.5 Å². The van der Waals surface area contributed by atoms with Crippen molar-refractivity contribution in [3.63, 3.8) is 0 Å². The third kappa shape index (κ3) is 63.7. The molecule has 0 aromatic rings. The highest BCUT2D eigenvalue weighted by molar-refractivity contribution is 5.89. The van der Waals surface area contributed by atoms with Crippen LogP contribution in [0.3, 0.4) is 0 Å². The molecule has 0 bridgehead atoms. The molecule has 0 aromatic heterocycles. The minimum Gasteiger partial charge on any atom is -0.481 e. The van der Waals surface area contributed by atoms with Gasteiger partial charge in [0.25, 0.3) is 0 Å². The zero-order chi connectivity index (χ0) is 26.3. The van der Waals surface area contributed by atoms with Gasteiger partial charge in [-0.05, 0) is 0 Å². The highest BCUT2D eigenvalue weighted by Gasteiger charge is 2.01. The zero-order valence-corrected chi connectivity index (χ0v) is 16.2. The fourth-order valence-electron chi connectivity index (χ4n) is 0.784. The predicted molar refractivity (Wildman–Crippen MR) is 97.9 cm³/mol. The third-order valence-electron chi connectivity index (χ3n) is 2.03. The van der Waals surface area contributed by atoms with Crippen LogP contribution in [-0.2, 0) is 38.4 Å². The first kappa shape index (κ1) is 35.0. The average Bonchev–Trinajstić information content (AvgIpc) is 2.63. The molecule has 0 heterocycles. The van der Waals surface area contributed by atoms with Crippen LogP contribution >= 0.6 is 0 Å². The first-order chi connectivity index (χ1) is 14.5. The van der Waals surface area contributed by atoms with Gasteiger partial charge < -0.3 is 40.9 Å². The summed E-state index contributed by atoms with van der Waals surface area (Å²) in [5.74, 6) is -8.97. The molecule has 0 aliphatic rings. The highest BCUT2D eigenvalue weighted by Crippen LogP contribution is 1.87. The Bertz CT molecular complexity index is 566. The Morgan fingerprint density at radius 2 is 0.469 bits per heavy atom.